The Morgan fingerprint density at radius 2 is 0.973 bits per heavy atom. The van der Waals surface area contributed by atoms with Gasteiger partial charge in [0, 0.05) is 14.2 Å². The molecule has 2 saturated heterocycles. The molecule has 0 amide bonds. The van der Waals surface area contributed by atoms with Gasteiger partial charge in [0.2, 0.25) is 0 Å². The van der Waals surface area contributed by atoms with Crippen LogP contribution >= 0.6 is 0 Å². The van der Waals surface area contributed by atoms with E-state index >= 15 is 0 Å². The summed E-state index contributed by atoms with van der Waals surface area (Å²) in [6.07, 6.45) is 4.85. The molecule has 0 aromatic heterocycles. The smallest absolute Gasteiger partial charge is 0.125 e. The van der Waals surface area contributed by atoms with Crippen molar-refractivity contribution in [1.29, 1.82) is 0 Å². The third-order valence-corrected chi connectivity index (χ3v) is 7.47. The van der Waals surface area contributed by atoms with Gasteiger partial charge in [-0.2, -0.15) is 0 Å². The van der Waals surface area contributed by atoms with Crippen molar-refractivity contribution in [3.8, 4) is 11.5 Å². The van der Waals surface area contributed by atoms with Crippen LogP contribution in [0.1, 0.15) is 61.1 Å². The van der Waals surface area contributed by atoms with E-state index in [1.807, 2.05) is 0 Å². The van der Waals surface area contributed by atoms with Crippen LogP contribution in [-0.2, 0) is 51.1 Å². The Kier molecular flexibility index (Phi) is 9.88. The number of methoxy groups -OCH3 is 2. The molecule has 2 aliphatic heterocycles. The van der Waals surface area contributed by atoms with Crippen molar-refractivity contribution in [3.05, 3.63) is 57.6 Å². The molecule has 2 fully saturated rings. The van der Waals surface area contributed by atoms with Crippen LogP contribution in [0.25, 0.3) is 0 Å². The van der Waals surface area contributed by atoms with Gasteiger partial charge in [0.05, 0.1) is 13.2 Å². The molecule has 0 aliphatic carbocycles. The van der Waals surface area contributed by atoms with Crippen LogP contribution in [0.3, 0.4) is 0 Å². The monoisotopic (exact) mass is 512 g/mol. The van der Waals surface area contributed by atoms with E-state index < -0.39 is 0 Å². The highest BCUT2D eigenvalue weighted by Gasteiger charge is 2.34. The van der Waals surface area contributed by atoms with Gasteiger partial charge >= 0.3 is 0 Å². The van der Waals surface area contributed by atoms with Crippen LogP contribution in [0, 0.1) is 0 Å². The summed E-state index contributed by atoms with van der Waals surface area (Å²) in [7, 11) is 3.45. The Morgan fingerprint density at radius 1 is 0.649 bits per heavy atom. The summed E-state index contributed by atoms with van der Waals surface area (Å²) in [6, 6.07) is 9.24. The Hall–Kier alpha value is -2.12. The molecule has 0 bridgehead atoms. The topological polar surface area (TPSA) is 62.0 Å². The molecule has 2 aromatic rings. The minimum absolute atomic E-state index is 0.0225. The zero-order valence-corrected chi connectivity index (χ0v) is 23.4. The van der Waals surface area contributed by atoms with Crippen LogP contribution in [0.2, 0.25) is 0 Å². The fourth-order valence-electron chi connectivity index (χ4n) is 5.04. The van der Waals surface area contributed by atoms with Gasteiger partial charge in [0.25, 0.3) is 0 Å². The van der Waals surface area contributed by atoms with Crippen LogP contribution in [0.15, 0.2) is 24.3 Å². The minimum atomic E-state index is -0.0225. The number of hydrogen-bond donors (Lipinski definition) is 0. The first-order valence-corrected chi connectivity index (χ1v) is 13.9. The number of ether oxygens (including phenoxy) is 6. The molecule has 2 heterocycles. The van der Waals surface area contributed by atoms with E-state index in [1.165, 1.54) is 33.4 Å². The van der Waals surface area contributed by atoms with E-state index in [9.17, 15) is 0 Å². The van der Waals surface area contributed by atoms with Crippen molar-refractivity contribution >= 4 is 0 Å². The maximum Gasteiger partial charge on any atom is 0.125 e. The maximum absolute atomic E-state index is 6.33. The van der Waals surface area contributed by atoms with Gasteiger partial charge in [-0.05, 0) is 65.5 Å². The van der Waals surface area contributed by atoms with Crippen LogP contribution in [-0.4, -0.2) is 65.1 Å². The molecule has 6 nitrogen and oxygen atoms in total. The molecule has 2 aliphatic rings. The van der Waals surface area contributed by atoms with Crippen molar-refractivity contribution in [2.24, 2.45) is 0 Å². The lowest BCUT2D eigenvalue weighted by atomic mass is 9.93. The summed E-state index contributed by atoms with van der Waals surface area (Å²) < 4.78 is 34.7. The van der Waals surface area contributed by atoms with Gasteiger partial charge in [-0.3, -0.25) is 0 Å². The molecule has 4 unspecified atom stereocenters. The lowest BCUT2D eigenvalue weighted by Gasteiger charge is -2.21. The van der Waals surface area contributed by atoms with Crippen molar-refractivity contribution in [2.75, 3.05) is 40.6 Å². The molecule has 204 valence electrons. The molecule has 37 heavy (non-hydrogen) atoms. The quantitative estimate of drug-likeness (QED) is 0.291. The fraction of sp³-hybridized carbons (Fsp3) is 0.613. The number of rotatable bonds is 16. The van der Waals surface area contributed by atoms with E-state index in [1.54, 1.807) is 14.2 Å². The number of epoxide rings is 2. The molecular formula is C31H44O6. The van der Waals surface area contributed by atoms with Gasteiger partial charge in [-0.25, -0.2) is 0 Å². The molecule has 0 N–H and O–H groups in total. The predicted molar refractivity (Wildman–Crippen MR) is 145 cm³/mol. The molecule has 0 spiro atoms. The lowest BCUT2D eigenvalue weighted by Crippen LogP contribution is -2.26. The van der Waals surface area contributed by atoms with E-state index in [-0.39, 0.29) is 24.4 Å². The SMILES string of the molecule is CCc1cc(Cc2cc(CC)c(OCC(OC)C3CO3)c(CC)c2)cc(CC)c1OCC(OC)C1CO1. The molecule has 0 radical (unpaired) electrons. The Balaban J connectivity index is 1.53. The van der Waals surface area contributed by atoms with Crippen LogP contribution in [0.5, 0.6) is 11.5 Å². The summed E-state index contributed by atoms with van der Waals surface area (Å²) in [5.41, 5.74) is 7.64. The van der Waals surface area contributed by atoms with Gasteiger partial charge in [0.1, 0.15) is 49.1 Å². The number of benzene rings is 2. The van der Waals surface area contributed by atoms with Crippen LogP contribution in [0.4, 0.5) is 0 Å². The molecule has 2 aromatic carbocycles. The van der Waals surface area contributed by atoms with E-state index in [0.717, 1.165) is 56.8 Å². The van der Waals surface area contributed by atoms with Gasteiger partial charge in [0.15, 0.2) is 0 Å². The third kappa shape index (κ3) is 7.05. The van der Waals surface area contributed by atoms with E-state index in [4.69, 9.17) is 28.4 Å². The molecule has 6 heteroatoms. The maximum atomic E-state index is 6.33. The van der Waals surface area contributed by atoms with Crippen molar-refractivity contribution in [1.82, 2.24) is 0 Å². The Labute approximate surface area is 222 Å². The highest BCUT2D eigenvalue weighted by Crippen LogP contribution is 2.32. The highest BCUT2D eigenvalue weighted by molar-refractivity contribution is 5.49. The van der Waals surface area contributed by atoms with Crippen molar-refractivity contribution < 1.29 is 28.4 Å². The average molecular weight is 513 g/mol. The second-order valence-electron chi connectivity index (χ2n) is 9.99. The largest absolute Gasteiger partial charge is 0.490 e. The fourth-order valence-corrected chi connectivity index (χ4v) is 5.04. The summed E-state index contributed by atoms with van der Waals surface area (Å²) in [5, 5.41) is 0. The zero-order chi connectivity index (χ0) is 26.4. The van der Waals surface area contributed by atoms with E-state index in [0.29, 0.717) is 13.2 Å². The highest BCUT2D eigenvalue weighted by atomic mass is 16.6. The standard InChI is InChI=1S/C31H44O6/c1-7-22-12-20(13-23(8-2)30(22)36-16-26(32-5)28-18-34-28)11-21-14-24(9-3)31(25(10-4)15-21)37-17-27(33-6)29-19-35-29/h12-15,26-29H,7-11,16-19H2,1-6H3. The minimum Gasteiger partial charge on any atom is -0.490 e. The van der Waals surface area contributed by atoms with Crippen LogP contribution < -0.4 is 9.47 Å². The Morgan fingerprint density at radius 3 is 1.22 bits per heavy atom. The molecule has 4 rings (SSSR count). The normalized spacial score (nSPS) is 19.9. The van der Waals surface area contributed by atoms with E-state index in [2.05, 4.69) is 52.0 Å². The molecule has 0 saturated carbocycles. The first kappa shape index (κ1) is 27.9. The first-order chi connectivity index (χ1) is 18.0. The van der Waals surface area contributed by atoms with Crippen molar-refractivity contribution in [2.45, 2.75) is 84.2 Å². The van der Waals surface area contributed by atoms with Gasteiger partial charge < -0.3 is 28.4 Å². The summed E-state index contributed by atoms with van der Waals surface area (Å²) in [5.74, 6) is 2.02. The number of hydrogen-bond acceptors (Lipinski definition) is 6. The second-order valence-corrected chi connectivity index (χ2v) is 9.99. The van der Waals surface area contributed by atoms with Gasteiger partial charge in [-0.1, -0.05) is 52.0 Å². The third-order valence-electron chi connectivity index (χ3n) is 7.47. The Bertz CT molecular complexity index is 895. The average Bonchev–Trinajstić information content (AvgIpc) is 3.84. The molecule has 4 atom stereocenters. The summed E-state index contributed by atoms with van der Waals surface area (Å²) in [6.45, 7) is 11.3. The summed E-state index contributed by atoms with van der Waals surface area (Å²) >= 11 is 0. The second kappa shape index (κ2) is 13.1. The van der Waals surface area contributed by atoms with Gasteiger partial charge in [-0.15, -0.1) is 0 Å². The first-order valence-electron chi connectivity index (χ1n) is 13.9. The molecular weight excluding hydrogens is 468 g/mol. The lowest BCUT2D eigenvalue weighted by molar-refractivity contribution is 0.0368. The number of aryl methyl sites for hydroxylation is 4. The predicted octanol–water partition coefficient (Wildman–Crippen LogP) is 5.11. The van der Waals surface area contributed by atoms with Crippen molar-refractivity contribution in [3.63, 3.8) is 0 Å². The zero-order valence-electron chi connectivity index (χ0n) is 23.4. The summed E-state index contributed by atoms with van der Waals surface area (Å²) in [4.78, 5) is 0.